The lowest BCUT2D eigenvalue weighted by Crippen LogP contribution is -2.11. The number of halogens is 3. The number of para-hydroxylation sites is 1. The first kappa shape index (κ1) is 12.7. The SMILES string of the molecule is FC(F)(F)CCCNc1ccnc2ccccc12. The Kier molecular flexibility index (Phi) is 3.69. The Balaban J connectivity index is 2.00. The van der Waals surface area contributed by atoms with Gasteiger partial charge in [-0.25, -0.2) is 0 Å². The number of nitrogens with one attached hydrogen (secondary N) is 1. The summed E-state index contributed by atoms with van der Waals surface area (Å²) in [6, 6.07) is 9.30. The van der Waals surface area contributed by atoms with Gasteiger partial charge in [-0.1, -0.05) is 18.2 Å². The number of hydrogen-bond donors (Lipinski definition) is 1. The van der Waals surface area contributed by atoms with Crippen molar-refractivity contribution in [2.45, 2.75) is 19.0 Å². The Hall–Kier alpha value is -1.78. The van der Waals surface area contributed by atoms with Crippen LogP contribution in [0.1, 0.15) is 12.8 Å². The van der Waals surface area contributed by atoms with E-state index in [0.29, 0.717) is 6.54 Å². The molecule has 0 saturated carbocycles. The van der Waals surface area contributed by atoms with E-state index in [1.807, 2.05) is 24.3 Å². The number of pyridine rings is 1. The molecule has 0 aliphatic rings. The number of hydrogen-bond acceptors (Lipinski definition) is 2. The molecule has 0 spiro atoms. The smallest absolute Gasteiger partial charge is 0.384 e. The van der Waals surface area contributed by atoms with Crippen LogP contribution in [0, 0.1) is 0 Å². The molecule has 2 nitrogen and oxygen atoms in total. The van der Waals surface area contributed by atoms with Gasteiger partial charge in [-0.15, -0.1) is 0 Å². The molecule has 0 bridgehead atoms. The van der Waals surface area contributed by atoms with E-state index in [2.05, 4.69) is 10.3 Å². The summed E-state index contributed by atoms with van der Waals surface area (Å²) in [5.41, 5.74) is 1.65. The molecule has 0 atom stereocenters. The van der Waals surface area contributed by atoms with Crippen LogP contribution in [0.2, 0.25) is 0 Å². The maximum absolute atomic E-state index is 12.0. The van der Waals surface area contributed by atoms with Gasteiger partial charge in [0.1, 0.15) is 0 Å². The van der Waals surface area contributed by atoms with Crippen molar-refractivity contribution in [2.24, 2.45) is 0 Å². The third-order valence-electron chi connectivity index (χ3n) is 2.60. The number of fused-ring (bicyclic) bond motifs is 1. The monoisotopic (exact) mass is 254 g/mol. The summed E-state index contributed by atoms with van der Waals surface area (Å²) in [6.07, 6.45) is -3.13. The molecule has 0 radical (unpaired) electrons. The number of nitrogens with zero attached hydrogens (tertiary/aromatic N) is 1. The lowest BCUT2D eigenvalue weighted by molar-refractivity contribution is -0.134. The molecule has 1 N–H and O–H groups in total. The third-order valence-corrected chi connectivity index (χ3v) is 2.60. The van der Waals surface area contributed by atoms with Gasteiger partial charge in [-0.3, -0.25) is 4.98 Å². The van der Waals surface area contributed by atoms with Crippen molar-refractivity contribution in [1.82, 2.24) is 4.98 Å². The van der Waals surface area contributed by atoms with Crippen molar-refractivity contribution in [3.05, 3.63) is 36.5 Å². The van der Waals surface area contributed by atoms with Crippen LogP contribution in [0.15, 0.2) is 36.5 Å². The molecule has 0 aliphatic heterocycles. The van der Waals surface area contributed by atoms with Crippen LogP contribution in [-0.4, -0.2) is 17.7 Å². The standard InChI is InChI=1S/C13H13F3N2/c14-13(15,16)7-3-8-17-12-6-9-18-11-5-2-1-4-10(11)12/h1-2,4-6,9H,3,7-8H2,(H,17,18). The number of anilines is 1. The third kappa shape index (κ3) is 3.35. The van der Waals surface area contributed by atoms with E-state index in [1.54, 1.807) is 12.3 Å². The first-order valence-corrected chi connectivity index (χ1v) is 5.71. The zero-order valence-corrected chi connectivity index (χ0v) is 9.67. The summed E-state index contributed by atoms with van der Waals surface area (Å²) in [5, 5.41) is 3.94. The van der Waals surface area contributed by atoms with Gasteiger partial charge in [0.05, 0.1) is 5.52 Å². The van der Waals surface area contributed by atoms with Gasteiger partial charge in [0.2, 0.25) is 0 Å². The minimum absolute atomic E-state index is 0.0696. The van der Waals surface area contributed by atoms with Crippen LogP contribution in [0.4, 0.5) is 18.9 Å². The van der Waals surface area contributed by atoms with Gasteiger partial charge < -0.3 is 5.32 Å². The van der Waals surface area contributed by atoms with Gasteiger partial charge in [0.25, 0.3) is 0 Å². The van der Waals surface area contributed by atoms with E-state index in [9.17, 15) is 13.2 Å². The van der Waals surface area contributed by atoms with Crippen LogP contribution in [0.25, 0.3) is 10.9 Å². The van der Waals surface area contributed by atoms with Crippen molar-refractivity contribution in [3.63, 3.8) is 0 Å². The van der Waals surface area contributed by atoms with Gasteiger partial charge in [0.15, 0.2) is 0 Å². The van der Waals surface area contributed by atoms with Crippen LogP contribution in [-0.2, 0) is 0 Å². The highest BCUT2D eigenvalue weighted by Crippen LogP contribution is 2.23. The zero-order valence-electron chi connectivity index (χ0n) is 9.67. The van der Waals surface area contributed by atoms with Crippen molar-refractivity contribution < 1.29 is 13.2 Å². The molecule has 1 aromatic carbocycles. The molecule has 96 valence electrons. The van der Waals surface area contributed by atoms with Crippen LogP contribution < -0.4 is 5.32 Å². The molecule has 0 fully saturated rings. The van der Waals surface area contributed by atoms with Crippen molar-refractivity contribution in [1.29, 1.82) is 0 Å². The van der Waals surface area contributed by atoms with E-state index in [4.69, 9.17) is 0 Å². The lowest BCUT2D eigenvalue weighted by Gasteiger charge is -2.10. The zero-order chi connectivity index (χ0) is 13.0. The molecule has 0 aliphatic carbocycles. The minimum atomic E-state index is -4.08. The fourth-order valence-corrected chi connectivity index (χ4v) is 1.76. The molecule has 5 heteroatoms. The Bertz CT molecular complexity index is 518. The number of rotatable bonds is 4. The minimum Gasteiger partial charge on any atom is -0.384 e. The molecule has 2 rings (SSSR count). The lowest BCUT2D eigenvalue weighted by atomic mass is 10.2. The van der Waals surface area contributed by atoms with E-state index in [0.717, 1.165) is 16.6 Å². The van der Waals surface area contributed by atoms with Gasteiger partial charge in [0, 0.05) is 30.2 Å². The Morgan fingerprint density at radius 1 is 1.11 bits per heavy atom. The maximum atomic E-state index is 12.0. The molecule has 1 heterocycles. The second-order valence-electron chi connectivity index (χ2n) is 4.02. The predicted octanol–water partition coefficient (Wildman–Crippen LogP) is 3.99. The average molecular weight is 254 g/mol. The molecule has 0 saturated heterocycles. The predicted molar refractivity (Wildman–Crippen MR) is 65.5 cm³/mol. The van der Waals surface area contributed by atoms with Crippen LogP contribution >= 0.6 is 0 Å². The van der Waals surface area contributed by atoms with Crippen LogP contribution in [0.5, 0.6) is 0 Å². The summed E-state index contributed by atoms with van der Waals surface area (Å²) >= 11 is 0. The number of aromatic nitrogens is 1. The second-order valence-corrected chi connectivity index (χ2v) is 4.02. The quantitative estimate of drug-likeness (QED) is 0.834. The van der Waals surface area contributed by atoms with Crippen molar-refractivity contribution in [3.8, 4) is 0 Å². The van der Waals surface area contributed by atoms with Crippen LogP contribution in [0.3, 0.4) is 0 Å². The van der Waals surface area contributed by atoms with E-state index >= 15 is 0 Å². The van der Waals surface area contributed by atoms with Crippen molar-refractivity contribution in [2.75, 3.05) is 11.9 Å². The maximum Gasteiger partial charge on any atom is 0.389 e. The van der Waals surface area contributed by atoms with E-state index < -0.39 is 12.6 Å². The molecular formula is C13H13F3N2. The first-order chi connectivity index (χ1) is 8.56. The largest absolute Gasteiger partial charge is 0.389 e. The molecule has 2 aromatic rings. The Morgan fingerprint density at radius 2 is 1.89 bits per heavy atom. The van der Waals surface area contributed by atoms with E-state index in [-0.39, 0.29) is 6.42 Å². The average Bonchev–Trinajstić information content (AvgIpc) is 2.33. The summed E-state index contributed by atoms with van der Waals surface area (Å²) in [6.45, 7) is 0.299. The van der Waals surface area contributed by atoms with Crippen molar-refractivity contribution >= 4 is 16.6 Å². The molecule has 0 unspecified atom stereocenters. The first-order valence-electron chi connectivity index (χ1n) is 5.71. The van der Waals surface area contributed by atoms with Gasteiger partial charge >= 0.3 is 6.18 Å². The highest BCUT2D eigenvalue weighted by atomic mass is 19.4. The molecule has 18 heavy (non-hydrogen) atoms. The topological polar surface area (TPSA) is 24.9 Å². The fourth-order valence-electron chi connectivity index (χ4n) is 1.76. The molecule has 1 aromatic heterocycles. The number of alkyl halides is 3. The summed E-state index contributed by atoms with van der Waals surface area (Å²) < 4.78 is 36.0. The molecular weight excluding hydrogens is 241 g/mol. The summed E-state index contributed by atoms with van der Waals surface area (Å²) in [4.78, 5) is 4.19. The highest BCUT2D eigenvalue weighted by Gasteiger charge is 2.25. The van der Waals surface area contributed by atoms with E-state index in [1.165, 1.54) is 0 Å². The molecule has 0 amide bonds. The summed E-state index contributed by atoms with van der Waals surface area (Å²) in [5.74, 6) is 0. The Labute approximate surface area is 103 Å². The van der Waals surface area contributed by atoms with Gasteiger partial charge in [-0.2, -0.15) is 13.2 Å². The fraction of sp³-hybridized carbons (Fsp3) is 0.308. The number of benzene rings is 1. The normalized spacial score (nSPS) is 11.7. The summed E-state index contributed by atoms with van der Waals surface area (Å²) in [7, 11) is 0. The second kappa shape index (κ2) is 5.25. The Morgan fingerprint density at radius 3 is 2.67 bits per heavy atom. The van der Waals surface area contributed by atoms with Gasteiger partial charge in [-0.05, 0) is 18.6 Å². The highest BCUT2D eigenvalue weighted by molar-refractivity contribution is 5.90.